The van der Waals surface area contributed by atoms with E-state index in [4.69, 9.17) is 11.0 Å². The first-order valence-corrected chi connectivity index (χ1v) is 5.67. The third-order valence-corrected chi connectivity index (χ3v) is 3.07. The molecule has 2 aromatic rings. The van der Waals surface area contributed by atoms with Gasteiger partial charge in [-0.3, -0.25) is 4.90 Å². The molecule has 0 atom stereocenters. The molecule has 1 aromatic carbocycles. The summed E-state index contributed by atoms with van der Waals surface area (Å²) in [6.07, 6.45) is 4.71. The second-order valence-electron chi connectivity index (χ2n) is 4.15. The quantitative estimate of drug-likeness (QED) is 0.761. The van der Waals surface area contributed by atoms with E-state index in [1.165, 1.54) is 5.56 Å². The molecule has 0 radical (unpaired) electrons. The van der Waals surface area contributed by atoms with Gasteiger partial charge in [-0.15, -0.1) is 0 Å². The molecule has 3 rings (SSSR count). The number of anilines is 2. The van der Waals surface area contributed by atoms with Crippen molar-refractivity contribution in [1.29, 1.82) is 5.26 Å². The van der Waals surface area contributed by atoms with Crippen LogP contribution < -0.4 is 10.6 Å². The Kier molecular flexibility index (Phi) is 2.34. The average molecular weight is 237 g/mol. The van der Waals surface area contributed by atoms with Gasteiger partial charge in [0.2, 0.25) is 5.95 Å². The Morgan fingerprint density at radius 3 is 3.00 bits per heavy atom. The maximum Gasteiger partial charge on any atom is 0.220 e. The third kappa shape index (κ3) is 1.64. The summed E-state index contributed by atoms with van der Waals surface area (Å²) in [5.74, 6) is 0.270. The smallest absolute Gasteiger partial charge is 0.220 e. The zero-order valence-electron chi connectivity index (χ0n) is 9.67. The number of fused-ring (bicyclic) bond motifs is 1. The number of nitrogens with two attached hydrogens (primary N) is 1. The Hall–Kier alpha value is -2.61. The average Bonchev–Trinajstić information content (AvgIpc) is 2.80. The molecule has 0 fully saturated rings. The van der Waals surface area contributed by atoms with E-state index in [2.05, 4.69) is 22.2 Å². The number of nitrogens with zero attached hydrogens (tertiary/aromatic N) is 4. The number of nitriles is 1. The maximum absolute atomic E-state index is 8.97. The van der Waals surface area contributed by atoms with Crippen LogP contribution in [0, 0.1) is 11.5 Å². The molecule has 0 unspecified atom stereocenters. The highest BCUT2D eigenvalue weighted by Crippen LogP contribution is 2.31. The van der Waals surface area contributed by atoms with Gasteiger partial charge in [-0.25, -0.2) is 9.97 Å². The minimum Gasteiger partial charge on any atom is -0.368 e. The van der Waals surface area contributed by atoms with E-state index in [1.807, 2.05) is 18.2 Å². The van der Waals surface area contributed by atoms with Gasteiger partial charge in [0.05, 0.1) is 11.4 Å². The molecule has 0 spiro atoms. The fraction of sp³-hybridized carbons (Fsp3) is 0.154. The molecule has 1 aliphatic rings. The zero-order valence-corrected chi connectivity index (χ0v) is 9.67. The van der Waals surface area contributed by atoms with Gasteiger partial charge in [0.15, 0.2) is 6.19 Å². The van der Waals surface area contributed by atoms with Gasteiger partial charge in [0.1, 0.15) is 0 Å². The molecule has 1 aliphatic heterocycles. The summed E-state index contributed by atoms with van der Waals surface area (Å²) in [6, 6.07) is 7.80. The van der Waals surface area contributed by atoms with Crippen molar-refractivity contribution in [3.8, 4) is 17.5 Å². The van der Waals surface area contributed by atoms with Crippen molar-refractivity contribution in [1.82, 2.24) is 9.97 Å². The highest BCUT2D eigenvalue weighted by molar-refractivity contribution is 5.70. The normalized spacial score (nSPS) is 13.2. The van der Waals surface area contributed by atoms with Crippen LogP contribution in [-0.2, 0) is 6.42 Å². The minimum atomic E-state index is 0.270. The van der Waals surface area contributed by atoms with Crippen molar-refractivity contribution >= 4 is 11.6 Å². The van der Waals surface area contributed by atoms with Crippen LogP contribution >= 0.6 is 0 Å². The molecule has 0 aliphatic carbocycles. The summed E-state index contributed by atoms with van der Waals surface area (Å²) >= 11 is 0. The lowest BCUT2D eigenvalue weighted by Crippen LogP contribution is -2.11. The first-order valence-electron chi connectivity index (χ1n) is 5.67. The van der Waals surface area contributed by atoms with Crippen LogP contribution in [0.4, 0.5) is 11.6 Å². The first kappa shape index (κ1) is 10.5. The van der Waals surface area contributed by atoms with Crippen molar-refractivity contribution < 1.29 is 0 Å². The maximum atomic E-state index is 8.97. The van der Waals surface area contributed by atoms with E-state index in [-0.39, 0.29) is 5.95 Å². The number of rotatable bonds is 1. The molecule has 0 saturated carbocycles. The lowest BCUT2D eigenvalue weighted by Gasteiger charge is -2.08. The molecule has 2 N–H and O–H groups in total. The van der Waals surface area contributed by atoms with Gasteiger partial charge in [-0.2, -0.15) is 5.26 Å². The molecule has 2 heterocycles. The summed E-state index contributed by atoms with van der Waals surface area (Å²) in [7, 11) is 0. The molecular formula is C13H11N5. The number of hydrogen-bond acceptors (Lipinski definition) is 5. The number of hydrogen-bond donors (Lipinski definition) is 1. The van der Waals surface area contributed by atoms with E-state index in [9.17, 15) is 0 Å². The van der Waals surface area contributed by atoms with Crippen molar-refractivity contribution in [3.05, 3.63) is 36.0 Å². The van der Waals surface area contributed by atoms with Gasteiger partial charge in [0.25, 0.3) is 0 Å². The first-order chi connectivity index (χ1) is 8.78. The number of benzene rings is 1. The van der Waals surface area contributed by atoms with Gasteiger partial charge < -0.3 is 5.73 Å². The lowest BCUT2D eigenvalue weighted by atomic mass is 10.1. The van der Waals surface area contributed by atoms with Gasteiger partial charge in [-0.05, 0) is 30.2 Å². The number of aromatic nitrogens is 2. The van der Waals surface area contributed by atoms with Gasteiger partial charge >= 0.3 is 0 Å². The van der Waals surface area contributed by atoms with E-state index < -0.39 is 0 Å². The molecule has 0 saturated heterocycles. The Morgan fingerprint density at radius 1 is 1.33 bits per heavy atom. The Balaban J connectivity index is 2.04. The predicted octanol–water partition coefficient (Wildman–Crippen LogP) is 1.57. The molecule has 0 amide bonds. The van der Waals surface area contributed by atoms with Crippen LogP contribution in [-0.4, -0.2) is 16.5 Å². The SMILES string of the molecule is N#CN1CCc2cc(-c3ccnc(N)n3)ccc21. The standard InChI is InChI=1S/C13H11N5/c14-8-18-6-4-10-7-9(1-2-12(10)18)11-3-5-16-13(15)17-11/h1-3,5,7H,4,6H2,(H2,15,16,17). The monoisotopic (exact) mass is 237 g/mol. The molecule has 5 heteroatoms. The Labute approximate surface area is 105 Å². The molecule has 0 bridgehead atoms. The molecule has 18 heavy (non-hydrogen) atoms. The van der Waals surface area contributed by atoms with E-state index in [0.717, 1.165) is 29.9 Å². The van der Waals surface area contributed by atoms with Crippen molar-refractivity contribution in [2.24, 2.45) is 0 Å². The van der Waals surface area contributed by atoms with Gasteiger partial charge in [0, 0.05) is 18.3 Å². The number of nitrogen functional groups attached to an aromatic ring is 1. The molecule has 88 valence electrons. The summed E-state index contributed by atoms with van der Waals surface area (Å²) in [4.78, 5) is 9.78. The van der Waals surface area contributed by atoms with Crippen LogP contribution in [0.3, 0.4) is 0 Å². The summed E-state index contributed by atoms with van der Waals surface area (Å²) in [6.45, 7) is 0.751. The summed E-state index contributed by atoms with van der Waals surface area (Å²) in [5.41, 5.74) is 9.55. The second-order valence-corrected chi connectivity index (χ2v) is 4.15. The molecule has 1 aromatic heterocycles. The van der Waals surface area contributed by atoms with E-state index in [0.29, 0.717) is 0 Å². The lowest BCUT2D eigenvalue weighted by molar-refractivity contribution is 1.000. The van der Waals surface area contributed by atoms with Crippen molar-refractivity contribution in [2.75, 3.05) is 17.2 Å². The predicted molar refractivity (Wildman–Crippen MR) is 68.5 cm³/mol. The topological polar surface area (TPSA) is 78.8 Å². The fourth-order valence-electron chi connectivity index (χ4n) is 2.20. The van der Waals surface area contributed by atoms with E-state index in [1.54, 1.807) is 11.1 Å². The highest BCUT2D eigenvalue weighted by atomic mass is 15.1. The highest BCUT2D eigenvalue weighted by Gasteiger charge is 2.19. The molecular weight excluding hydrogens is 226 g/mol. The van der Waals surface area contributed by atoms with Crippen LogP contribution in [0.5, 0.6) is 0 Å². The summed E-state index contributed by atoms with van der Waals surface area (Å²) in [5, 5.41) is 8.97. The Bertz CT molecular complexity index is 644. The van der Waals surface area contributed by atoms with Gasteiger partial charge in [-0.1, -0.05) is 6.07 Å². The zero-order chi connectivity index (χ0) is 12.5. The van der Waals surface area contributed by atoms with Crippen LogP contribution in [0.2, 0.25) is 0 Å². The Morgan fingerprint density at radius 2 is 2.22 bits per heavy atom. The van der Waals surface area contributed by atoms with Crippen LogP contribution in [0.25, 0.3) is 11.3 Å². The fourth-order valence-corrected chi connectivity index (χ4v) is 2.20. The van der Waals surface area contributed by atoms with Crippen LogP contribution in [0.1, 0.15) is 5.56 Å². The largest absolute Gasteiger partial charge is 0.368 e. The van der Waals surface area contributed by atoms with Crippen LogP contribution in [0.15, 0.2) is 30.5 Å². The van der Waals surface area contributed by atoms with Crippen molar-refractivity contribution in [2.45, 2.75) is 6.42 Å². The molecule has 5 nitrogen and oxygen atoms in total. The van der Waals surface area contributed by atoms with E-state index >= 15 is 0 Å². The summed E-state index contributed by atoms with van der Waals surface area (Å²) < 4.78 is 0. The minimum absolute atomic E-state index is 0.270. The third-order valence-electron chi connectivity index (χ3n) is 3.07. The second kappa shape index (κ2) is 4.00. The van der Waals surface area contributed by atoms with Crippen molar-refractivity contribution in [3.63, 3.8) is 0 Å².